The van der Waals surface area contributed by atoms with Crippen LogP contribution in [0.5, 0.6) is 5.75 Å². The van der Waals surface area contributed by atoms with Gasteiger partial charge in [-0.2, -0.15) is 0 Å². The first-order valence-corrected chi connectivity index (χ1v) is 14.3. The van der Waals surface area contributed by atoms with E-state index in [0.29, 0.717) is 12.3 Å². The number of aliphatic carboxylic acids is 1. The van der Waals surface area contributed by atoms with Crippen LogP contribution in [0, 0.1) is 0 Å². The average Bonchev–Trinajstić information content (AvgIpc) is 3.39. The van der Waals surface area contributed by atoms with Crippen molar-refractivity contribution >= 4 is 45.8 Å². The van der Waals surface area contributed by atoms with Crippen molar-refractivity contribution in [2.75, 3.05) is 24.2 Å². The Morgan fingerprint density at radius 1 is 1.23 bits per heavy atom. The second-order valence-electron chi connectivity index (χ2n) is 10.6. The number of aromatic nitrogens is 2. The van der Waals surface area contributed by atoms with Crippen LogP contribution < -0.4 is 36.7 Å². The standard InChI is InChI=1S/C28H34N8O6S/c1-15(11-29)31-21-10-7-17(12-36(21)4)16-5-8-18(9-6-16)41-13-20(26(39)40)42-35-22(19-14-43-27(30)32-19)24(37)33-23-25(38)34-28(23,2)3/h5-10,12,14-15,20,23H,11,13,29H2,1-4H3,(H5,30,32,33,34,37,38,39,40)/p+1/b35-22-/t15?,20-,23+/m0/s1. The number of ether oxygens (including phenoxy) is 1. The lowest BCUT2D eigenvalue weighted by molar-refractivity contribution is -0.656. The number of oxime groups is 1. The van der Waals surface area contributed by atoms with Gasteiger partial charge in [-0.15, -0.1) is 11.3 Å². The van der Waals surface area contributed by atoms with Gasteiger partial charge in [0.2, 0.25) is 5.91 Å². The molecule has 1 saturated heterocycles. The zero-order valence-electron chi connectivity index (χ0n) is 24.2. The van der Waals surface area contributed by atoms with E-state index >= 15 is 0 Å². The van der Waals surface area contributed by atoms with Crippen LogP contribution in [0.25, 0.3) is 11.1 Å². The predicted octanol–water partition coefficient (Wildman–Crippen LogP) is 0.622. The van der Waals surface area contributed by atoms with Gasteiger partial charge in [0.1, 0.15) is 30.1 Å². The fraction of sp³-hybridized carbons (Fsp3) is 0.357. The van der Waals surface area contributed by atoms with E-state index < -0.39 is 36.2 Å². The molecule has 2 aromatic heterocycles. The number of rotatable bonds is 13. The van der Waals surface area contributed by atoms with Crippen LogP contribution in [0.2, 0.25) is 0 Å². The highest BCUT2D eigenvalue weighted by atomic mass is 32.1. The first-order chi connectivity index (χ1) is 20.4. The van der Waals surface area contributed by atoms with Crippen LogP contribution in [0.1, 0.15) is 26.5 Å². The predicted molar refractivity (Wildman–Crippen MR) is 160 cm³/mol. The van der Waals surface area contributed by atoms with Gasteiger partial charge in [-0.3, -0.25) is 14.9 Å². The molecule has 0 bridgehead atoms. The molecule has 2 amide bonds. The van der Waals surface area contributed by atoms with Crippen molar-refractivity contribution in [3.05, 3.63) is 53.7 Å². The smallest absolute Gasteiger partial charge is 0.351 e. The van der Waals surface area contributed by atoms with Crippen LogP contribution in [0.15, 0.2) is 53.1 Å². The SMILES string of the molecule is CC(CN)Nc1ccc(-c2ccc(OC[C@H](O/N=C(\C(=O)N[C@@H]3C(=O)NC3(C)C)c3csc(N)n3)C(=O)O)cc2)c[n+]1C. The fourth-order valence-electron chi connectivity index (χ4n) is 4.18. The molecule has 1 aliphatic heterocycles. The fourth-order valence-corrected chi connectivity index (χ4v) is 4.72. The summed E-state index contributed by atoms with van der Waals surface area (Å²) in [5, 5.41) is 23.8. The molecule has 0 spiro atoms. The largest absolute Gasteiger partial charge is 0.489 e. The van der Waals surface area contributed by atoms with Gasteiger partial charge in [-0.1, -0.05) is 17.3 Å². The number of nitrogens with two attached hydrogens (primary N) is 2. The number of amides is 2. The van der Waals surface area contributed by atoms with Crippen LogP contribution >= 0.6 is 11.3 Å². The van der Waals surface area contributed by atoms with Crippen molar-refractivity contribution in [1.29, 1.82) is 0 Å². The second kappa shape index (κ2) is 13.0. The summed E-state index contributed by atoms with van der Waals surface area (Å²) >= 11 is 1.06. The Hall–Kier alpha value is -4.76. The molecule has 1 unspecified atom stereocenters. The molecule has 228 valence electrons. The third-order valence-corrected chi connectivity index (χ3v) is 7.38. The minimum absolute atomic E-state index is 0.0734. The summed E-state index contributed by atoms with van der Waals surface area (Å²) in [6, 6.07) is 10.4. The Morgan fingerprint density at radius 3 is 2.49 bits per heavy atom. The number of nitrogen functional groups attached to an aromatic ring is 1. The van der Waals surface area contributed by atoms with E-state index in [1.807, 2.05) is 49.0 Å². The molecule has 1 aromatic carbocycles. The highest BCUT2D eigenvalue weighted by Gasteiger charge is 2.47. The van der Waals surface area contributed by atoms with Crippen molar-refractivity contribution in [3.63, 3.8) is 0 Å². The number of β-lactam (4-membered cyclic amide) rings is 1. The molecular weight excluding hydrogens is 576 g/mol. The molecule has 3 heterocycles. The monoisotopic (exact) mass is 611 g/mol. The van der Waals surface area contributed by atoms with Crippen molar-refractivity contribution in [2.24, 2.45) is 17.9 Å². The lowest BCUT2D eigenvalue weighted by atomic mass is 9.85. The number of anilines is 2. The molecule has 1 aliphatic rings. The van der Waals surface area contributed by atoms with E-state index in [1.54, 1.807) is 26.0 Å². The van der Waals surface area contributed by atoms with Crippen molar-refractivity contribution < 1.29 is 33.6 Å². The van der Waals surface area contributed by atoms with Gasteiger partial charge >= 0.3 is 5.97 Å². The number of benzene rings is 1. The van der Waals surface area contributed by atoms with Crippen LogP contribution in [-0.2, 0) is 26.3 Å². The van der Waals surface area contributed by atoms with Gasteiger partial charge < -0.3 is 36.8 Å². The normalized spacial score (nSPS) is 17.2. The summed E-state index contributed by atoms with van der Waals surface area (Å²) < 4.78 is 7.63. The number of hydrogen-bond acceptors (Lipinski definition) is 11. The van der Waals surface area contributed by atoms with Gasteiger partial charge in [-0.05, 0) is 44.5 Å². The number of pyridine rings is 1. The number of carboxylic acid groups (broad SMARTS) is 1. The summed E-state index contributed by atoms with van der Waals surface area (Å²) in [6.07, 6.45) is 0.424. The van der Waals surface area contributed by atoms with E-state index in [-0.39, 0.29) is 28.5 Å². The zero-order valence-corrected chi connectivity index (χ0v) is 25.0. The quantitative estimate of drug-likeness (QED) is 0.0687. The van der Waals surface area contributed by atoms with Gasteiger partial charge in [0.05, 0.1) is 18.8 Å². The minimum atomic E-state index is -1.56. The van der Waals surface area contributed by atoms with Crippen LogP contribution in [-0.4, -0.2) is 70.5 Å². The lowest BCUT2D eigenvalue weighted by Crippen LogP contribution is -2.75. The van der Waals surface area contributed by atoms with E-state index in [9.17, 15) is 19.5 Å². The molecule has 4 rings (SSSR count). The number of carbonyl (C=O) groups excluding carboxylic acids is 2. The van der Waals surface area contributed by atoms with E-state index in [1.165, 1.54) is 5.38 Å². The molecule has 3 aromatic rings. The summed E-state index contributed by atoms with van der Waals surface area (Å²) in [4.78, 5) is 46.2. The van der Waals surface area contributed by atoms with Crippen molar-refractivity contribution in [1.82, 2.24) is 15.6 Å². The minimum Gasteiger partial charge on any atom is -0.489 e. The van der Waals surface area contributed by atoms with E-state index in [4.69, 9.17) is 21.0 Å². The molecule has 8 N–H and O–H groups in total. The molecular formula is C28H35N8O6S+. The Bertz CT molecular complexity index is 1520. The Balaban J connectivity index is 1.43. The lowest BCUT2D eigenvalue weighted by Gasteiger charge is -2.44. The molecule has 1 fully saturated rings. The molecule has 0 saturated carbocycles. The molecule has 0 aliphatic carbocycles. The highest BCUT2D eigenvalue weighted by Crippen LogP contribution is 2.23. The maximum atomic E-state index is 13.0. The maximum absolute atomic E-state index is 13.0. The number of carboxylic acids is 1. The number of hydrogen-bond donors (Lipinski definition) is 6. The third-order valence-electron chi connectivity index (χ3n) is 6.70. The van der Waals surface area contributed by atoms with Crippen LogP contribution in [0.4, 0.5) is 10.9 Å². The average molecular weight is 612 g/mol. The van der Waals surface area contributed by atoms with Gasteiger partial charge in [0.15, 0.2) is 10.8 Å². The Morgan fingerprint density at radius 2 is 1.93 bits per heavy atom. The summed E-state index contributed by atoms with van der Waals surface area (Å²) in [5.41, 5.74) is 12.4. The maximum Gasteiger partial charge on any atom is 0.351 e. The van der Waals surface area contributed by atoms with E-state index in [2.05, 4.69) is 26.1 Å². The number of carbonyl (C=O) groups is 3. The second-order valence-corrected chi connectivity index (χ2v) is 11.5. The Kier molecular flexibility index (Phi) is 9.46. The summed E-state index contributed by atoms with van der Waals surface area (Å²) in [5.74, 6) is -1.15. The zero-order chi connectivity index (χ0) is 31.3. The number of thiazole rings is 1. The number of aryl methyl sites for hydroxylation is 1. The van der Waals surface area contributed by atoms with Gasteiger partial charge in [0, 0.05) is 23.6 Å². The van der Waals surface area contributed by atoms with Crippen molar-refractivity contribution in [3.8, 4) is 16.9 Å². The first kappa shape index (κ1) is 31.2. The summed E-state index contributed by atoms with van der Waals surface area (Å²) in [6.45, 7) is 5.61. The number of nitrogens with one attached hydrogen (secondary N) is 3. The van der Waals surface area contributed by atoms with E-state index in [0.717, 1.165) is 28.3 Å². The van der Waals surface area contributed by atoms with Crippen LogP contribution in [0.3, 0.4) is 0 Å². The van der Waals surface area contributed by atoms with Gasteiger partial charge in [-0.25, -0.2) is 14.3 Å². The molecule has 43 heavy (non-hydrogen) atoms. The first-order valence-electron chi connectivity index (χ1n) is 13.4. The van der Waals surface area contributed by atoms with Gasteiger partial charge in [0.25, 0.3) is 17.8 Å². The molecule has 15 heteroatoms. The molecule has 0 radical (unpaired) electrons. The summed E-state index contributed by atoms with van der Waals surface area (Å²) in [7, 11) is 1.93. The molecule has 3 atom stereocenters. The number of nitrogens with zero attached hydrogens (tertiary/aromatic N) is 3. The third kappa shape index (κ3) is 7.55. The highest BCUT2D eigenvalue weighted by molar-refractivity contribution is 7.13. The molecule has 14 nitrogen and oxygen atoms in total. The topological polar surface area (TPSA) is 207 Å². The Labute approximate surface area is 252 Å². The van der Waals surface area contributed by atoms with Crippen molar-refractivity contribution in [2.45, 2.75) is 44.5 Å².